The Balaban J connectivity index is 2.33. The molecule has 0 saturated heterocycles. The summed E-state index contributed by atoms with van der Waals surface area (Å²) in [7, 11) is 0. The van der Waals surface area contributed by atoms with Gasteiger partial charge in [0.1, 0.15) is 5.75 Å². The predicted molar refractivity (Wildman–Crippen MR) is 93.3 cm³/mol. The fraction of sp³-hybridized carbons (Fsp3) is 0.500. The van der Waals surface area contributed by atoms with Gasteiger partial charge in [-0.2, -0.15) is 0 Å². The fourth-order valence-corrected chi connectivity index (χ4v) is 1.99. The average molecular weight is 350 g/mol. The van der Waals surface area contributed by atoms with Crippen LogP contribution in [0, 0.1) is 0 Å². The third kappa shape index (κ3) is 8.19. The lowest BCUT2D eigenvalue weighted by Crippen LogP contribution is -2.44. The van der Waals surface area contributed by atoms with E-state index in [0.29, 0.717) is 13.0 Å². The number of carbonyl (C=O) groups excluding carboxylic acids is 3. The van der Waals surface area contributed by atoms with Crippen molar-refractivity contribution in [1.82, 2.24) is 10.6 Å². The molecule has 0 bridgehead atoms. The summed E-state index contributed by atoms with van der Waals surface area (Å²) in [6, 6.07) is 6.81. The first-order valence-corrected chi connectivity index (χ1v) is 8.42. The van der Waals surface area contributed by atoms with Crippen molar-refractivity contribution >= 4 is 17.9 Å². The summed E-state index contributed by atoms with van der Waals surface area (Å²) in [4.78, 5) is 34.8. The van der Waals surface area contributed by atoms with Gasteiger partial charge in [0.15, 0.2) is 6.61 Å². The fourth-order valence-electron chi connectivity index (χ4n) is 1.99. The van der Waals surface area contributed by atoms with Crippen molar-refractivity contribution in [3.63, 3.8) is 0 Å². The largest absolute Gasteiger partial charge is 0.494 e. The van der Waals surface area contributed by atoms with Gasteiger partial charge < -0.3 is 14.8 Å². The van der Waals surface area contributed by atoms with E-state index < -0.39 is 24.5 Å². The molecule has 0 saturated carbocycles. The highest BCUT2D eigenvalue weighted by Crippen LogP contribution is 2.19. The molecule has 0 fully saturated rings. The molecule has 0 radical (unpaired) electrons. The van der Waals surface area contributed by atoms with Crippen LogP contribution in [0.15, 0.2) is 24.3 Å². The second-order valence-electron chi connectivity index (χ2n) is 5.53. The van der Waals surface area contributed by atoms with E-state index in [2.05, 4.69) is 10.6 Å². The van der Waals surface area contributed by atoms with Crippen LogP contribution in [0.3, 0.4) is 0 Å². The minimum absolute atomic E-state index is 0.0410. The maximum Gasteiger partial charge on any atom is 0.321 e. The predicted octanol–water partition coefficient (Wildman–Crippen LogP) is 2.19. The molecule has 0 aliphatic carbocycles. The third-order valence-corrected chi connectivity index (χ3v) is 3.48. The molecule has 0 unspecified atom stereocenters. The number of ether oxygens (including phenoxy) is 2. The molecule has 7 heteroatoms. The molecule has 0 aliphatic rings. The summed E-state index contributed by atoms with van der Waals surface area (Å²) >= 11 is 0. The van der Waals surface area contributed by atoms with Crippen LogP contribution >= 0.6 is 0 Å². The van der Waals surface area contributed by atoms with E-state index in [-0.39, 0.29) is 12.5 Å². The molecule has 2 N–H and O–H groups in total. The zero-order valence-electron chi connectivity index (χ0n) is 15.0. The van der Waals surface area contributed by atoms with Crippen molar-refractivity contribution < 1.29 is 23.9 Å². The molecule has 0 aliphatic heterocycles. The Morgan fingerprint density at radius 2 is 1.88 bits per heavy atom. The molecular weight excluding hydrogens is 324 g/mol. The molecule has 25 heavy (non-hydrogen) atoms. The summed E-state index contributed by atoms with van der Waals surface area (Å²) in [6.07, 6.45) is 1.32. The quantitative estimate of drug-likeness (QED) is 0.666. The topological polar surface area (TPSA) is 93.7 Å². The highest BCUT2D eigenvalue weighted by Gasteiger charge is 2.13. The summed E-state index contributed by atoms with van der Waals surface area (Å²) in [5, 5.41) is 4.70. The summed E-state index contributed by atoms with van der Waals surface area (Å²) in [6.45, 7) is 5.68. The first-order chi connectivity index (χ1) is 12.0. The lowest BCUT2D eigenvalue weighted by atomic mass is 10.1. The van der Waals surface area contributed by atoms with Crippen molar-refractivity contribution in [2.24, 2.45) is 0 Å². The monoisotopic (exact) mass is 350 g/mol. The van der Waals surface area contributed by atoms with E-state index in [9.17, 15) is 14.4 Å². The van der Waals surface area contributed by atoms with Crippen molar-refractivity contribution in [3.8, 4) is 5.75 Å². The third-order valence-electron chi connectivity index (χ3n) is 3.48. The van der Waals surface area contributed by atoms with E-state index in [0.717, 1.165) is 17.7 Å². The van der Waals surface area contributed by atoms with E-state index in [1.807, 2.05) is 45.0 Å². The SMILES string of the molecule is CCOc1ccccc1CCC(=O)OCC(=O)NC(=O)N[C@@H](C)CC. The average Bonchev–Trinajstić information content (AvgIpc) is 2.59. The first-order valence-electron chi connectivity index (χ1n) is 8.42. The molecule has 1 atom stereocenters. The molecule has 0 spiro atoms. The van der Waals surface area contributed by atoms with E-state index in [1.54, 1.807) is 0 Å². The highest BCUT2D eigenvalue weighted by atomic mass is 16.5. The van der Waals surface area contributed by atoms with E-state index in [4.69, 9.17) is 9.47 Å². The minimum Gasteiger partial charge on any atom is -0.494 e. The number of para-hydroxylation sites is 1. The first kappa shape index (κ1) is 20.5. The minimum atomic E-state index is -0.663. The Labute approximate surface area is 148 Å². The summed E-state index contributed by atoms with van der Waals surface area (Å²) < 4.78 is 10.4. The van der Waals surface area contributed by atoms with Crippen molar-refractivity contribution in [2.45, 2.75) is 46.1 Å². The molecule has 3 amide bonds. The molecule has 0 aromatic heterocycles. The number of rotatable bonds is 9. The van der Waals surface area contributed by atoms with Crippen LogP contribution in [0.2, 0.25) is 0 Å². The van der Waals surface area contributed by atoms with Gasteiger partial charge in [0.05, 0.1) is 6.61 Å². The van der Waals surface area contributed by atoms with Gasteiger partial charge in [0, 0.05) is 12.5 Å². The maximum absolute atomic E-state index is 11.8. The van der Waals surface area contributed by atoms with Gasteiger partial charge in [-0.15, -0.1) is 0 Å². The number of aryl methyl sites for hydroxylation is 1. The van der Waals surface area contributed by atoms with Crippen molar-refractivity contribution in [3.05, 3.63) is 29.8 Å². The van der Waals surface area contributed by atoms with Crippen LogP contribution in [0.5, 0.6) is 5.75 Å². The van der Waals surface area contributed by atoms with Crippen LogP contribution in [0.4, 0.5) is 4.79 Å². The Bertz CT molecular complexity index is 589. The number of nitrogens with one attached hydrogen (secondary N) is 2. The summed E-state index contributed by atoms with van der Waals surface area (Å²) in [5.74, 6) is -0.440. The van der Waals surface area contributed by atoms with Crippen LogP contribution in [0.1, 0.15) is 39.2 Å². The number of imide groups is 1. The van der Waals surface area contributed by atoms with Crippen molar-refractivity contribution in [2.75, 3.05) is 13.2 Å². The standard InChI is InChI=1S/C18H26N2O5/c1-4-13(3)19-18(23)20-16(21)12-25-17(22)11-10-14-8-6-7-9-15(14)24-5-2/h6-9,13H,4-5,10-12H2,1-3H3,(H2,19,20,21,23)/t13-/m0/s1. The summed E-state index contributed by atoms with van der Waals surface area (Å²) in [5.41, 5.74) is 0.902. The van der Waals surface area contributed by atoms with Crippen LogP contribution in [0.25, 0.3) is 0 Å². The Hall–Kier alpha value is -2.57. The number of hydrogen-bond acceptors (Lipinski definition) is 5. The molecule has 1 aromatic rings. The normalized spacial score (nSPS) is 11.3. The van der Waals surface area contributed by atoms with Crippen LogP contribution in [-0.4, -0.2) is 37.2 Å². The Morgan fingerprint density at radius 1 is 1.16 bits per heavy atom. The lowest BCUT2D eigenvalue weighted by Gasteiger charge is -2.12. The molecule has 1 aromatic carbocycles. The van der Waals surface area contributed by atoms with Crippen LogP contribution in [-0.2, 0) is 20.7 Å². The van der Waals surface area contributed by atoms with Crippen LogP contribution < -0.4 is 15.4 Å². The second kappa shape index (κ2) is 11.1. The van der Waals surface area contributed by atoms with Gasteiger partial charge in [-0.3, -0.25) is 14.9 Å². The van der Waals surface area contributed by atoms with Crippen molar-refractivity contribution in [1.29, 1.82) is 0 Å². The maximum atomic E-state index is 11.8. The highest BCUT2D eigenvalue weighted by molar-refractivity contribution is 5.95. The molecule has 0 heterocycles. The van der Waals surface area contributed by atoms with Gasteiger partial charge in [0.25, 0.3) is 5.91 Å². The van der Waals surface area contributed by atoms with Gasteiger partial charge in [-0.05, 0) is 38.3 Å². The Morgan fingerprint density at radius 3 is 2.56 bits per heavy atom. The molecule has 1 rings (SSSR count). The van der Waals surface area contributed by atoms with E-state index in [1.165, 1.54) is 0 Å². The molecule has 138 valence electrons. The number of benzene rings is 1. The second-order valence-corrected chi connectivity index (χ2v) is 5.53. The van der Waals surface area contributed by atoms with Gasteiger partial charge in [0.2, 0.25) is 0 Å². The van der Waals surface area contributed by atoms with Gasteiger partial charge >= 0.3 is 12.0 Å². The zero-order valence-corrected chi connectivity index (χ0v) is 15.0. The molecular formula is C18H26N2O5. The van der Waals surface area contributed by atoms with E-state index >= 15 is 0 Å². The zero-order chi connectivity index (χ0) is 18.7. The lowest BCUT2D eigenvalue weighted by molar-refractivity contribution is -0.148. The number of hydrogen-bond donors (Lipinski definition) is 2. The Kier molecular flexibility index (Phi) is 9.06. The smallest absolute Gasteiger partial charge is 0.321 e. The number of carbonyl (C=O) groups is 3. The van der Waals surface area contributed by atoms with Gasteiger partial charge in [-0.1, -0.05) is 25.1 Å². The van der Waals surface area contributed by atoms with Gasteiger partial charge in [-0.25, -0.2) is 4.79 Å². The molecule has 7 nitrogen and oxygen atoms in total. The number of amides is 3. The number of esters is 1. The number of urea groups is 1.